The van der Waals surface area contributed by atoms with Crippen molar-refractivity contribution in [3.05, 3.63) is 72.2 Å². The third-order valence-electron chi connectivity index (χ3n) is 6.05. The second kappa shape index (κ2) is 8.73. The maximum atomic E-state index is 13.3. The van der Waals surface area contributed by atoms with Crippen LogP contribution in [0.1, 0.15) is 16.1 Å². The van der Waals surface area contributed by atoms with Crippen LogP contribution >= 0.6 is 0 Å². The van der Waals surface area contributed by atoms with Gasteiger partial charge in [-0.15, -0.1) is 10.2 Å². The smallest absolute Gasteiger partial charge is 0.316 e. The molecule has 10 nitrogen and oxygen atoms in total. The molecule has 0 unspecified atom stereocenters. The molecular formula is C25H21N7O3. The van der Waals surface area contributed by atoms with E-state index in [-0.39, 0.29) is 18.0 Å². The van der Waals surface area contributed by atoms with Crippen LogP contribution in [0.4, 0.5) is 17.2 Å². The van der Waals surface area contributed by atoms with Gasteiger partial charge in [0.15, 0.2) is 17.2 Å². The van der Waals surface area contributed by atoms with Gasteiger partial charge in [0, 0.05) is 36.7 Å². The Morgan fingerprint density at radius 1 is 1.09 bits per heavy atom. The van der Waals surface area contributed by atoms with E-state index >= 15 is 0 Å². The first-order valence-corrected chi connectivity index (χ1v) is 11.3. The molecule has 2 aromatic carbocycles. The summed E-state index contributed by atoms with van der Waals surface area (Å²) in [4.78, 5) is 36.6. The van der Waals surface area contributed by atoms with Crippen LogP contribution in [0.5, 0.6) is 0 Å². The molecule has 0 aliphatic carbocycles. The first kappa shape index (κ1) is 21.1. The predicted octanol–water partition coefficient (Wildman–Crippen LogP) is 3.65. The number of ether oxygens (including phenoxy) is 1. The van der Waals surface area contributed by atoms with Crippen molar-refractivity contribution in [3.63, 3.8) is 0 Å². The highest BCUT2D eigenvalue weighted by Crippen LogP contribution is 2.33. The van der Waals surface area contributed by atoms with Crippen molar-refractivity contribution in [1.82, 2.24) is 14.4 Å². The highest BCUT2D eigenvalue weighted by molar-refractivity contribution is 6.02. The van der Waals surface area contributed by atoms with Gasteiger partial charge in [0.2, 0.25) is 5.91 Å². The van der Waals surface area contributed by atoms with E-state index in [9.17, 15) is 9.59 Å². The lowest BCUT2D eigenvalue weighted by molar-refractivity contribution is -0.115. The third kappa shape index (κ3) is 3.93. The van der Waals surface area contributed by atoms with Crippen LogP contribution in [0.25, 0.3) is 16.9 Å². The Bertz CT molecular complexity index is 1470. The summed E-state index contributed by atoms with van der Waals surface area (Å²) in [5.41, 5.74) is 4.28. The molecule has 2 amide bonds. The lowest BCUT2D eigenvalue weighted by atomic mass is 10.0. The number of morpholine rings is 1. The average molecular weight is 467 g/mol. The van der Waals surface area contributed by atoms with E-state index in [1.807, 2.05) is 40.8 Å². The van der Waals surface area contributed by atoms with Crippen LogP contribution in [0.2, 0.25) is 0 Å². The van der Waals surface area contributed by atoms with Gasteiger partial charge in [0.25, 0.3) is 0 Å². The molecule has 2 aliphatic heterocycles. The standard InChI is InChI=1S/C25H21N7O3/c33-20-15-17-14-16(6-7-19(17)27-20)22-21(25(34)30-29-18-4-2-1-3-5-18)28-24-23(26-8-9-32(22)24)31-10-12-35-13-11-31/h1-9,14H,10-13,15H2,(H,27,33). The van der Waals surface area contributed by atoms with Gasteiger partial charge in [0.1, 0.15) is 0 Å². The Morgan fingerprint density at radius 3 is 2.74 bits per heavy atom. The zero-order chi connectivity index (χ0) is 23.8. The minimum Gasteiger partial charge on any atom is -0.378 e. The quantitative estimate of drug-likeness (QED) is 0.459. The number of nitrogens with zero attached hydrogens (tertiary/aromatic N) is 6. The third-order valence-corrected chi connectivity index (χ3v) is 6.05. The summed E-state index contributed by atoms with van der Waals surface area (Å²) in [5.74, 6) is 0.0614. The Labute approximate surface area is 200 Å². The lowest BCUT2D eigenvalue weighted by Gasteiger charge is -2.27. The number of benzene rings is 2. The van der Waals surface area contributed by atoms with Gasteiger partial charge in [-0.05, 0) is 29.8 Å². The molecule has 0 saturated carbocycles. The number of aromatic nitrogens is 3. The zero-order valence-electron chi connectivity index (χ0n) is 18.7. The SMILES string of the molecule is O=C1Cc2cc(-c3c(C(=O)N=Nc4ccccc4)nc4c(N5CCOCC5)nccn34)ccc2N1. The number of amides is 2. The summed E-state index contributed by atoms with van der Waals surface area (Å²) < 4.78 is 7.34. The van der Waals surface area contributed by atoms with E-state index in [2.05, 4.69) is 25.4 Å². The molecule has 0 spiro atoms. The molecule has 174 valence electrons. The Kier molecular flexibility index (Phi) is 5.27. The first-order chi connectivity index (χ1) is 17.2. The number of anilines is 2. The van der Waals surface area contributed by atoms with Crippen molar-refractivity contribution in [2.45, 2.75) is 6.42 Å². The summed E-state index contributed by atoms with van der Waals surface area (Å²) in [6.07, 6.45) is 3.77. The lowest BCUT2D eigenvalue weighted by Crippen LogP contribution is -2.37. The minimum atomic E-state index is -0.560. The molecule has 1 N–H and O–H groups in total. The van der Waals surface area contributed by atoms with Crippen molar-refractivity contribution >= 4 is 34.7 Å². The van der Waals surface area contributed by atoms with Gasteiger partial charge in [-0.3, -0.25) is 14.0 Å². The minimum absolute atomic E-state index is 0.0537. The number of imidazole rings is 1. The fraction of sp³-hybridized carbons (Fsp3) is 0.200. The van der Waals surface area contributed by atoms with Gasteiger partial charge >= 0.3 is 5.91 Å². The van der Waals surface area contributed by atoms with E-state index in [0.717, 1.165) is 16.8 Å². The number of hydrogen-bond donors (Lipinski definition) is 1. The Balaban J connectivity index is 1.50. The number of hydrogen-bond acceptors (Lipinski definition) is 7. The monoisotopic (exact) mass is 467 g/mol. The molecule has 1 saturated heterocycles. The molecular weight excluding hydrogens is 446 g/mol. The summed E-state index contributed by atoms with van der Waals surface area (Å²) in [6.45, 7) is 2.55. The summed E-state index contributed by atoms with van der Waals surface area (Å²) in [6, 6.07) is 14.7. The van der Waals surface area contributed by atoms with Gasteiger partial charge in [0.05, 0.1) is 31.0 Å². The van der Waals surface area contributed by atoms with E-state index in [0.29, 0.717) is 49.1 Å². The van der Waals surface area contributed by atoms with E-state index < -0.39 is 5.91 Å². The molecule has 0 bridgehead atoms. The van der Waals surface area contributed by atoms with Crippen LogP contribution in [-0.4, -0.2) is 52.5 Å². The molecule has 4 aromatic rings. The summed E-state index contributed by atoms with van der Waals surface area (Å²) >= 11 is 0. The molecule has 4 heterocycles. The molecule has 35 heavy (non-hydrogen) atoms. The molecule has 0 radical (unpaired) electrons. The number of carbonyl (C=O) groups is 2. The number of fused-ring (bicyclic) bond motifs is 2. The van der Waals surface area contributed by atoms with Crippen molar-refractivity contribution in [2.75, 3.05) is 36.5 Å². The van der Waals surface area contributed by atoms with Crippen LogP contribution in [-0.2, 0) is 16.0 Å². The summed E-state index contributed by atoms with van der Waals surface area (Å²) in [7, 11) is 0. The van der Waals surface area contributed by atoms with Gasteiger partial charge in [-0.25, -0.2) is 9.97 Å². The van der Waals surface area contributed by atoms with Crippen molar-refractivity contribution in [3.8, 4) is 11.3 Å². The number of rotatable bonds is 4. The largest absolute Gasteiger partial charge is 0.378 e. The average Bonchev–Trinajstić information content (AvgIpc) is 3.47. The summed E-state index contributed by atoms with van der Waals surface area (Å²) in [5, 5.41) is 10.9. The first-order valence-electron chi connectivity index (χ1n) is 11.3. The fourth-order valence-corrected chi connectivity index (χ4v) is 4.41. The molecule has 1 fully saturated rings. The number of carbonyl (C=O) groups excluding carboxylic acids is 2. The van der Waals surface area contributed by atoms with Crippen molar-refractivity contribution < 1.29 is 14.3 Å². The second-order valence-corrected chi connectivity index (χ2v) is 8.29. The van der Waals surface area contributed by atoms with Gasteiger partial charge in [-0.1, -0.05) is 24.3 Å². The number of nitrogens with one attached hydrogen (secondary N) is 1. The van der Waals surface area contributed by atoms with Gasteiger partial charge in [-0.2, -0.15) is 0 Å². The maximum Gasteiger partial charge on any atom is 0.316 e. The van der Waals surface area contributed by atoms with Crippen LogP contribution in [0, 0.1) is 0 Å². The van der Waals surface area contributed by atoms with E-state index in [1.165, 1.54) is 0 Å². The molecule has 6 rings (SSSR count). The van der Waals surface area contributed by atoms with E-state index in [1.54, 1.807) is 24.5 Å². The predicted molar refractivity (Wildman–Crippen MR) is 129 cm³/mol. The topological polar surface area (TPSA) is 114 Å². The van der Waals surface area contributed by atoms with Crippen LogP contribution in [0.3, 0.4) is 0 Å². The Hall–Kier alpha value is -4.44. The van der Waals surface area contributed by atoms with E-state index in [4.69, 9.17) is 9.72 Å². The maximum absolute atomic E-state index is 13.3. The van der Waals surface area contributed by atoms with Crippen LogP contribution in [0.15, 0.2) is 71.2 Å². The number of azo groups is 1. The molecule has 0 atom stereocenters. The molecule has 2 aromatic heterocycles. The molecule has 10 heteroatoms. The molecule has 2 aliphatic rings. The van der Waals surface area contributed by atoms with Gasteiger partial charge < -0.3 is 15.0 Å². The zero-order valence-corrected chi connectivity index (χ0v) is 18.7. The fourth-order valence-electron chi connectivity index (χ4n) is 4.41. The second-order valence-electron chi connectivity index (χ2n) is 8.29. The highest BCUT2D eigenvalue weighted by Gasteiger charge is 2.26. The van der Waals surface area contributed by atoms with Crippen molar-refractivity contribution in [1.29, 1.82) is 0 Å². The van der Waals surface area contributed by atoms with Crippen molar-refractivity contribution in [2.24, 2.45) is 10.2 Å². The Morgan fingerprint density at radius 2 is 1.91 bits per heavy atom. The highest BCUT2D eigenvalue weighted by atomic mass is 16.5. The van der Waals surface area contributed by atoms with Crippen LogP contribution < -0.4 is 10.2 Å². The normalized spacial score (nSPS) is 15.5.